The molecule has 4 heteroatoms. The number of fused-ring (bicyclic) bond motifs is 1. The Kier molecular flexibility index (Phi) is 1.42. The number of hydrogen-bond donors (Lipinski definition) is 2. The molecule has 0 bridgehead atoms. The monoisotopic (exact) mass is 145 g/mol. The zero-order valence-electron chi connectivity index (χ0n) is 5.56. The van der Waals surface area contributed by atoms with Gasteiger partial charge in [0.1, 0.15) is 18.3 Å². The third-order valence-electron chi connectivity index (χ3n) is 2.07. The molecule has 0 amide bonds. The Morgan fingerprint density at radius 2 is 1.90 bits per heavy atom. The maximum atomic E-state index is 9.21. The third kappa shape index (κ3) is 0.769. The lowest BCUT2D eigenvalue weighted by Crippen LogP contribution is -2.36. The fourth-order valence-corrected chi connectivity index (χ4v) is 1.51. The molecule has 10 heavy (non-hydrogen) atoms. The lowest BCUT2D eigenvalue weighted by atomic mass is 10.1. The van der Waals surface area contributed by atoms with Crippen molar-refractivity contribution in [3.63, 3.8) is 0 Å². The summed E-state index contributed by atoms with van der Waals surface area (Å²) in [6, 6.07) is -0.0536. The molecular formula is C6H11NO3. The van der Waals surface area contributed by atoms with Crippen LogP contribution < -0.4 is 5.73 Å². The SMILES string of the molecule is NC1COC2C(O)COC12. The molecule has 2 aliphatic heterocycles. The number of aliphatic hydroxyl groups is 1. The van der Waals surface area contributed by atoms with Crippen molar-refractivity contribution in [3.05, 3.63) is 0 Å². The second-order valence-corrected chi connectivity index (χ2v) is 2.83. The molecule has 3 N–H and O–H groups in total. The first-order valence-electron chi connectivity index (χ1n) is 3.46. The van der Waals surface area contributed by atoms with Crippen LogP contribution in [0.3, 0.4) is 0 Å². The van der Waals surface area contributed by atoms with E-state index in [-0.39, 0.29) is 18.2 Å². The summed E-state index contributed by atoms with van der Waals surface area (Å²) >= 11 is 0. The summed E-state index contributed by atoms with van der Waals surface area (Å²) in [6.45, 7) is 0.870. The van der Waals surface area contributed by atoms with E-state index in [0.29, 0.717) is 13.2 Å². The van der Waals surface area contributed by atoms with Crippen molar-refractivity contribution in [1.29, 1.82) is 0 Å². The highest BCUT2D eigenvalue weighted by Gasteiger charge is 2.45. The smallest absolute Gasteiger partial charge is 0.113 e. The van der Waals surface area contributed by atoms with Gasteiger partial charge in [-0.25, -0.2) is 0 Å². The Labute approximate surface area is 58.9 Å². The van der Waals surface area contributed by atoms with Crippen molar-refractivity contribution in [2.24, 2.45) is 5.73 Å². The number of rotatable bonds is 0. The molecule has 0 aromatic rings. The van der Waals surface area contributed by atoms with Crippen molar-refractivity contribution >= 4 is 0 Å². The minimum absolute atomic E-state index is 0.0536. The van der Waals surface area contributed by atoms with Crippen LogP contribution in [0.1, 0.15) is 0 Å². The van der Waals surface area contributed by atoms with Gasteiger partial charge in [0, 0.05) is 0 Å². The fraction of sp³-hybridized carbons (Fsp3) is 1.00. The van der Waals surface area contributed by atoms with Crippen LogP contribution in [0.25, 0.3) is 0 Å². The average molecular weight is 145 g/mol. The normalized spacial score (nSPS) is 53.4. The summed E-state index contributed by atoms with van der Waals surface area (Å²) in [5.74, 6) is 0. The molecule has 4 unspecified atom stereocenters. The van der Waals surface area contributed by atoms with Crippen LogP contribution in [0.5, 0.6) is 0 Å². The number of ether oxygens (including phenoxy) is 2. The van der Waals surface area contributed by atoms with Gasteiger partial charge in [-0.05, 0) is 0 Å². The van der Waals surface area contributed by atoms with Crippen LogP contribution >= 0.6 is 0 Å². The average Bonchev–Trinajstić information content (AvgIpc) is 2.41. The predicted molar refractivity (Wildman–Crippen MR) is 33.5 cm³/mol. The zero-order valence-corrected chi connectivity index (χ0v) is 5.56. The highest BCUT2D eigenvalue weighted by molar-refractivity contribution is 4.95. The second kappa shape index (κ2) is 2.17. The Bertz CT molecular complexity index is 125. The van der Waals surface area contributed by atoms with E-state index in [9.17, 15) is 5.11 Å². The van der Waals surface area contributed by atoms with E-state index in [4.69, 9.17) is 15.2 Å². The second-order valence-electron chi connectivity index (χ2n) is 2.83. The molecule has 58 valence electrons. The molecule has 2 saturated heterocycles. The maximum Gasteiger partial charge on any atom is 0.113 e. The first-order chi connectivity index (χ1) is 4.79. The van der Waals surface area contributed by atoms with Crippen molar-refractivity contribution in [2.75, 3.05) is 13.2 Å². The van der Waals surface area contributed by atoms with Crippen LogP contribution in [0.15, 0.2) is 0 Å². The van der Waals surface area contributed by atoms with Gasteiger partial charge < -0.3 is 20.3 Å². The molecule has 0 spiro atoms. The molecule has 4 nitrogen and oxygen atoms in total. The zero-order chi connectivity index (χ0) is 7.14. The lowest BCUT2D eigenvalue weighted by Gasteiger charge is -2.10. The van der Waals surface area contributed by atoms with Gasteiger partial charge >= 0.3 is 0 Å². The van der Waals surface area contributed by atoms with Crippen LogP contribution in [-0.4, -0.2) is 42.7 Å². The highest BCUT2D eigenvalue weighted by atomic mass is 16.6. The first kappa shape index (κ1) is 6.54. The molecule has 4 atom stereocenters. The van der Waals surface area contributed by atoms with E-state index in [1.165, 1.54) is 0 Å². The van der Waals surface area contributed by atoms with Crippen LogP contribution in [0.4, 0.5) is 0 Å². The minimum atomic E-state index is -0.474. The maximum absolute atomic E-state index is 9.21. The predicted octanol–water partition coefficient (Wildman–Crippen LogP) is -1.53. The van der Waals surface area contributed by atoms with Crippen molar-refractivity contribution in [1.82, 2.24) is 0 Å². The minimum Gasteiger partial charge on any atom is -0.388 e. The van der Waals surface area contributed by atoms with Gasteiger partial charge in [0.25, 0.3) is 0 Å². The van der Waals surface area contributed by atoms with E-state index < -0.39 is 6.10 Å². The van der Waals surface area contributed by atoms with Gasteiger partial charge in [0.2, 0.25) is 0 Å². The van der Waals surface area contributed by atoms with Gasteiger partial charge in [-0.2, -0.15) is 0 Å². The molecule has 2 heterocycles. The van der Waals surface area contributed by atoms with E-state index in [1.807, 2.05) is 0 Å². The molecule has 2 aliphatic rings. The van der Waals surface area contributed by atoms with Crippen molar-refractivity contribution in [3.8, 4) is 0 Å². The first-order valence-corrected chi connectivity index (χ1v) is 3.46. The summed E-state index contributed by atoms with van der Waals surface area (Å²) in [7, 11) is 0. The molecule has 2 fully saturated rings. The van der Waals surface area contributed by atoms with Gasteiger partial charge in [0.15, 0.2) is 0 Å². The van der Waals surface area contributed by atoms with Crippen molar-refractivity contribution in [2.45, 2.75) is 24.4 Å². The Balaban J connectivity index is 2.09. The van der Waals surface area contributed by atoms with E-state index in [0.717, 1.165) is 0 Å². The number of nitrogens with two attached hydrogens (primary N) is 1. The molecular weight excluding hydrogens is 134 g/mol. The van der Waals surface area contributed by atoms with Gasteiger partial charge in [-0.3, -0.25) is 0 Å². The summed E-state index contributed by atoms with van der Waals surface area (Å²) in [5, 5.41) is 9.21. The molecule has 0 saturated carbocycles. The molecule has 2 rings (SSSR count). The van der Waals surface area contributed by atoms with Gasteiger partial charge in [0.05, 0.1) is 19.3 Å². The quantitative estimate of drug-likeness (QED) is 0.434. The van der Waals surface area contributed by atoms with E-state index in [2.05, 4.69) is 0 Å². The summed E-state index contributed by atoms with van der Waals surface area (Å²) in [6.07, 6.45) is -0.719. The molecule has 0 aromatic heterocycles. The Morgan fingerprint density at radius 3 is 2.60 bits per heavy atom. The highest BCUT2D eigenvalue weighted by Crippen LogP contribution is 2.25. The van der Waals surface area contributed by atoms with Crippen LogP contribution in [0, 0.1) is 0 Å². The van der Waals surface area contributed by atoms with Gasteiger partial charge in [-0.1, -0.05) is 0 Å². The number of hydrogen-bond acceptors (Lipinski definition) is 4. The van der Waals surface area contributed by atoms with E-state index >= 15 is 0 Å². The molecule has 0 aliphatic carbocycles. The molecule has 0 radical (unpaired) electrons. The Morgan fingerprint density at radius 1 is 1.20 bits per heavy atom. The van der Waals surface area contributed by atoms with Crippen LogP contribution in [-0.2, 0) is 9.47 Å². The van der Waals surface area contributed by atoms with Crippen molar-refractivity contribution < 1.29 is 14.6 Å². The third-order valence-corrected chi connectivity index (χ3v) is 2.07. The van der Waals surface area contributed by atoms with E-state index in [1.54, 1.807) is 0 Å². The number of aliphatic hydroxyl groups excluding tert-OH is 1. The van der Waals surface area contributed by atoms with Gasteiger partial charge in [-0.15, -0.1) is 0 Å². The fourth-order valence-electron chi connectivity index (χ4n) is 1.51. The lowest BCUT2D eigenvalue weighted by molar-refractivity contribution is 0.0182. The summed E-state index contributed by atoms with van der Waals surface area (Å²) < 4.78 is 10.4. The standard InChI is InChI=1S/C6H11NO3/c7-3-1-9-6-4(8)2-10-5(3)6/h3-6,8H,1-2,7H2. The summed E-state index contributed by atoms with van der Waals surface area (Å²) in [5.41, 5.74) is 5.62. The molecule has 0 aromatic carbocycles. The van der Waals surface area contributed by atoms with Crippen LogP contribution in [0.2, 0.25) is 0 Å². The largest absolute Gasteiger partial charge is 0.388 e. The Hall–Kier alpha value is -0.160. The topological polar surface area (TPSA) is 64.7 Å². The summed E-state index contributed by atoms with van der Waals surface area (Å²) in [4.78, 5) is 0.